The third-order valence-corrected chi connectivity index (χ3v) is 4.90. The number of likely N-dealkylation sites (tertiary alicyclic amines) is 1. The molecule has 2 N–H and O–H groups in total. The molecule has 2 atom stereocenters. The van der Waals surface area contributed by atoms with E-state index in [0.29, 0.717) is 26.1 Å². The van der Waals surface area contributed by atoms with Crippen molar-refractivity contribution in [2.75, 3.05) is 33.7 Å². The summed E-state index contributed by atoms with van der Waals surface area (Å²) < 4.78 is 0. The highest BCUT2D eigenvalue weighted by Gasteiger charge is 2.28. The van der Waals surface area contributed by atoms with Crippen molar-refractivity contribution in [1.29, 1.82) is 0 Å². The van der Waals surface area contributed by atoms with Crippen LogP contribution in [0.25, 0.3) is 0 Å². The van der Waals surface area contributed by atoms with E-state index in [-0.39, 0.29) is 12.1 Å². The summed E-state index contributed by atoms with van der Waals surface area (Å²) in [5, 5.41) is 12.1. The first-order valence-electron chi connectivity index (χ1n) is 8.93. The Balaban J connectivity index is 1.95. The lowest BCUT2D eigenvalue weighted by atomic mass is 9.98. The van der Waals surface area contributed by atoms with Crippen LogP contribution in [-0.2, 0) is 11.2 Å². The molecule has 0 aromatic heterocycles. The van der Waals surface area contributed by atoms with Gasteiger partial charge in [0.25, 0.3) is 0 Å². The molecule has 1 fully saturated rings. The van der Waals surface area contributed by atoms with E-state index in [2.05, 4.69) is 41.4 Å². The van der Waals surface area contributed by atoms with Gasteiger partial charge in [0.15, 0.2) is 0 Å². The number of urea groups is 1. The zero-order chi connectivity index (χ0) is 18.4. The van der Waals surface area contributed by atoms with Gasteiger partial charge in [0.05, 0.1) is 12.0 Å². The van der Waals surface area contributed by atoms with Crippen LogP contribution in [0.1, 0.15) is 36.9 Å². The van der Waals surface area contributed by atoms with Crippen molar-refractivity contribution in [3.05, 3.63) is 35.4 Å². The molecular weight excluding hydrogens is 318 g/mol. The smallest absolute Gasteiger partial charge is 0.317 e. The molecule has 1 saturated heterocycles. The second-order valence-electron chi connectivity index (χ2n) is 6.88. The van der Waals surface area contributed by atoms with Gasteiger partial charge in [0.1, 0.15) is 0 Å². The van der Waals surface area contributed by atoms with Gasteiger partial charge in [-0.2, -0.15) is 0 Å². The Bertz CT molecular complexity index is 586. The summed E-state index contributed by atoms with van der Waals surface area (Å²) in [5.74, 6) is -1.27. The summed E-state index contributed by atoms with van der Waals surface area (Å²) in [5.41, 5.74) is 2.45. The molecule has 0 bridgehead atoms. The minimum absolute atomic E-state index is 0.0786. The summed E-state index contributed by atoms with van der Waals surface area (Å²) >= 11 is 0. The van der Waals surface area contributed by atoms with Gasteiger partial charge in [-0.05, 0) is 44.5 Å². The Hall–Kier alpha value is -2.08. The minimum Gasteiger partial charge on any atom is -0.481 e. The fourth-order valence-electron chi connectivity index (χ4n) is 3.23. The first-order chi connectivity index (χ1) is 11.9. The third-order valence-electron chi connectivity index (χ3n) is 4.90. The van der Waals surface area contributed by atoms with Gasteiger partial charge < -0.3 is 20.2 Å². The molecule has 6 heteroatoms. The van der Waals surface area contributed by atoms with Crippen molar-refractivity contribution in [3.8, 4) is 0 Å². The van der Waals surface area contributed by atoms with Crippen LogP contribution in [0.4, 0.5) is 4.79 Å². The highest BCUT2D eigenvalue weighted by atomic mass is 16.4. The Morgan fingerprint density at radius 1 is 1.32 bits per heavy atom. The Labute approximate surface area is 149 Å². The molecule has 6 nitrogen and oxygen atoms in total. The molecule has 1 heterocycles. The monoisotopic (exact) mass is 347 g/mol. The maximum absolute atomic E-state index is 12.4. The maximum atomic E-state index is 12.4. The number of amides is 2. The normalized spacial score (nSPS) is 18.9. The second kappa shape index (κ2) is 8.85. The maximum Gasteiger partial charge on any atom is 0.317 e. The highest BCUT2D eigenvalue weighted by molar-refractivity contribution is 5.76. The van der Waals surface area contributed by atoms with Crippen LogP contribution in [0.3, 0.4) is 0 Å². The number of nitrogens with one attached hydrogen (secondary N) is 1. The largest absolute Gasteiger partial charge is 0.481 e. The number of hydrogen-bond donors (Lipinski definition) is 2. The number of aryl methyl sites for hydroxylation is 1. The van der Waals surface area contributed by atoms with Crippen LogP contribution >= 0.6 is 0 Å². The van der Waals surface area contributed by atoms with E-state index in [1.54, 1.807) is 4.90 Å². The van der Waals surface area contributed by atoms with Crippen molar-refractivity contribution in [2.45, 2.75) is 32.2 Å². The van der Waals surface area contributed by atoms with Crippen molar-refractivity contribution in [2.24, 2.45) is 5.92 Å². The molecule has 1 aliphatic rings. The minimum atomic E-state index is -0.820. The molecule has 138 valence electrons. The number of benzene rings is 1. The zero-order valence-electron chi connectivity index (χ0n) is 15.4. The predicted octanol–water partition coefficient (Wildman–Crippen LogP) is 2.36. The van der Waals surface area contributed by atoms with Crippen molar-refractivity contribution >= 4 is 12.0 Å². The summed E-state index contributed by atoms with van der Waals surface area (Å²) in [6.07, 6.45) is 2.38. The van der Waals surface area contributed by atoms with Crippen LogP contribution in [0.15, 0.2) is 24.3 Å². The Morgan fingerprint density at radius 3 is 2.56 bits per heavy atom. The lowest BCUT2D eigenvalue weighted by Gasteiger charge is -2.32. The van der Waals surface area contributed by atoms with Crippen LogP contribution in [0.2, 0.25) is 0 Å². The van der Waals surface area contributed by atoms with E-state index in [4.69, 9.17) is 5.11 Å². The number of carboxylic acid groups (broad SMARTS) is 1. The number of likely N-dealkylation sites (N-methyl/N-ethyl adjacent to an activating group) is 1. The van der Waals surface area contributed by atoms with Gasteiger partial charge in [-0.3, -0.25) is 4.79 Å². The van der Waals surface area contributed by atoms with Gasteiger partial charge in [-0.25, -0.2) is 4.79 Å². The van der Waals surface area contributed by atoms with Crippen molar-refractivity contribution in [3.63, 3.8) is 0 Å². The fourth-order valence-corrected chi connectivity index (χ4v) is 3.23. The molecule has 25 heavy (non-hydrogen) atoms. The topological polar surface area (TPSA) is 72.9 Å². The summed E-state index contributed by atoms with van der Waals surface area (Å²) in [4.78, 5) is 27.3. The molecular formula is C19H29N3O3. The van der Waals surface area contributed by atoms with Crippen LogP contribution < -0.4 is 5.32 Å². The number of piperidine rings is 1. The lowest BCUT2D eigenvalue weighted by molar-refractivity contribution is -0.143. The molecule has 0 spiro atoms. The van der Waals surface area contributed by atoms with Crippen LogP contribution in [-0.4, -0.2) is 60.6 Å². The lowest BCUT2D eigenvalue weighted by Crippen LogP contribution is -2.48. The van der Waals surface area contributed by atoms with Crippen molar-refractivity contribution in [1.82, 2.24) is 15.1 Å². The number of hydrogen-bond acceptors (Lipinski definition) is 3. The number of aliphatic carboxylic acids is 1. The average Bonchev–Trinajstić information content (AvgIpc) is 2.62. The van der Waals surface area contributed by atoms with Gasteiger partial charge in [0.2, 0.25) is 0 Å². The van der Waals surface area contributed by atoms with Gasteiger partial charge >= 0.3 is 12.0 Å². The van der Waals surface area contributed by atoms with E-state index in [9.17, 15) is 9.59 Å². The van der Waals surface area contributed by atoms with E-state index in [1.807, 2.05) is 14.1 Å². The number of nitrogens with zero attached hydrogens (tertiary/aromatic N) is 2. The highest BCUT2D eigenvalue weighted by Crippen LogP contribution is 2.20. The van der Waals surface area contributed by atoms with Crippen LogP contribution in [0, 0.1) is 5.92 Å². The predicted molar refractivity (Wildman–Crippen MR) is 97.6 cm³/mol. The second-order valence-corrected chi connectivity index (χ2v) is 6.88. The number of carbonyl (C=O) groups is 2. The Kier molecular flexibility index (Phi) is 6.82. The summed E-state index contributed by atoms with van der Waals surface area (Å²) in [6.45, 7) is 3.53. The third kappa shape index (κ3) is 5.19. The van der Waals surface area contributed by atoms with E-state index in [0.717, 1.165) is 18.4 Å². The molecule has 2 unspecified atom stereocenters. The van der Waals surface area contributed by atoms with E-state index in [1.165, 1.54) is 5.56 Å². The standard InChI is InChI=1S/C19H29N3O3/c1-4-14-7-9-15(10-8-14)17(21(2)3)12-20-19(25)22-11-5-6-16(13-22)18(23)24/h7-10,16-17H,4-6,11-13H2,1-3H3,(H,20,25)(H,23,24). The molecule has 0 aliphatic carbocycles. The molecule has 2 rings (SSSR count). The van der Waals surface area contributed by atoms with E-state index >= 15 is 0 Å². The van der Waals surface area contributed by atoms with Gasteiger partial charge in [-0.1, -0.05) is 31.2 Å². The molecule has 1 aromatic carbocycles. The molecule has 1 aliphatic heterocycles. The first kappa shape index (κ1) is 19.2. The van der Waals surface area contributed by atoms with Gasteiger partial charge in [-0.15, -0.1) is 0 Å². The summed E-state index contributed by atoms with van der Waals surface area (Å²) in [7, 11) is 3.98. The molecule has 1 aromatic rings. The quantitative estimate of drug-likeness (QED) is 0.828. The number of rotatable bonds is 6. The first-order valence-corrected chi connectivity index (χ1v) is 8.93. The number of carboxylic acids is 1. The number of carbonyl (C=O) groups excluding carboxylic acids is 1. The summed E-state index contributed by atoms with van der Waals surface area (Å²) in [6, 6.07) is 8.36. The molecule has 2 amide bonds. The fraction of sp³-hybridized carbons (Fsp3) is 0.579. The molecule has 0 saturated carbocycles. The van der Waals surface area contributed by atoms with Crippen LogP contribution in [0.5, 0.6) is 0 Å². The SMILES string of the molecule is CCc1ccc(C(CNC(=O)N2CCCC(C(=O)O)C2)N(C)C)cc1. The average molecular weight is 347 g/mol. The van der Waals surface area contributed by atoms with Gasteiger partial charge in [0, 0.05) is 19.6 Å². The Morgan fingerprint density at radius 2 is 2.00 bits per heavy atom. The zero-order valence-corrected chi connectivity index (χ0v) is 15.4. The van der Waals surface area contributed by atoms with Crippen molar-refractivity contribution < 1.29 is 14.7 Å². The molecule has 0 radical (unpaired) electrons. The van der Waals surface area contributed by atoms with E-state index < -0.39 is 11.9 Å².